The normalized spacial score (nSPS) is 10.4. The quantitative estimate of drug-likeness (QED) is 0.493. The van der Waals surface area contributed by atoms with Crippen LogP contribution in [0.3, 0.4) is 0 Å². The van der Waals surface area contributed by atoms with Gasteiger partial charge in [-0.3, -0.25) is 0 Å². The maximum atomic E-state index is 12.1. The van der Waals surface area contributed by atoms with Gasteiger partial charge in [0.05, 0.1) is 14.2 Å². The molecule has 0 radical (unpaired) electrons. The van der Waals surface area contributed by atoms with E-state index in [1.54, 1.807) is 32.4 Å². The molecule has 0 saturated heterocycles. The number of hydrogen-bond acceptors (Lipinski definition) is 5. The van der Waals surface area contributed by atoms with Crippen molar-refractivity contribution < 1.29 is 23.7 Å². The Hall–Kier alpha value is -3.21. The maximum absolute atomic E-state index is 12.1. The minimum absolute atomic E-state index is 0.213. The largest absolute Gasteiger partial charge is 0.497 e. The van der Waals surface area contributed by atoms with Crippen molar-refractivity contribution in [2.75, 3.05) is 20.8 Å². The van der Waals surface area contributed by atoms with E-state index < -0.39 is 5.97 Å². The number of benzene rings is 3. The fourth-order valence-electron chi connectivity index (χ4n) is 2.58. The molecule has 5 nitrogen and oxygen atoms in total. The molecule has 0 saturated carbocycles. The third kappa shape index (κ3) is 4.06. The lowest BCUT2D eigenvalue weighted by atomic mass is 10.1. The molecule has 5 heteroatoms. The van der Waals surface area contributed by atoms with Crippen molar-refractivity contribution in [1.82, 2.24) is 0 Å². The number of fused-ring (bicyclic) bond motifs is 1. The number of ether oxygens (including phenoxy) is 4. The summed E-state index contributed by atoms with van der Waals surface area (Å²) in [5.74, 6) is 1.79. The summed E-state index contributed by atoms with van der Waals surface area (Å²) in [6.45, 7) is 1.74. The van der Waals surface area contributed by atoms with E-state index >= 15 is 0 Å². The zero-order chi connectivity index (χ0) is 18.5. The lowest BCUT2D eigenvalue weighted by Crippen LogP contribution is -2.17. The highest BCUT2D eigenvalue weighted by atomic mass is 16.6. The van der Waals surface area contributed by atoms with Crippen LogP contribution in [-0.4, -0.2) is 26.8 Å². The first-order chi connectivity index (χ1) is 12.6. The summed E-state index contributed by atoms with van der Waals surface area (Å²) in [5, 5.41) is 1.96. The first kappa shape index (κ1) is 17.6. The van der Waals surface area contributed by atoms with E-state index in [2.05, 4.69) is 0 Å². The molecule has 3 aromatic rings. The van der Waals surface area contributed by atoms with Crippen LogP contribution >= 0.6 is 0 Å². The molecular weight excluding hydrogens is 332 g/mol. The number of aryl methyl sites for hydroxylation is 1. The van der Waals surface area contributed by atoms with E-state index in [0.29, 0.717) is 17.2 Å². The highest BCUT2D eigenvalue weighted by Gasteiger charge is 2.10. The summed E-state index contributed by atoms with van der Waals surface area (Å²) in [7, 11) is 3.17. The predicted molar refractivity (Wildman–Crippen MR) is 99.4 cm³/mol. The Labute approximate surface area is 152 Å². The Kier molecular flexibility index (Phi) is 5.27. The summed E-state index contributed by atoms with van der Waals surface area (Å²) in [6, 6.07) is 16.7. The van der Waals surface area contributed by atoms with Crippen LogP contribution < -0.4 is 18.9 Å². The lowest BCUT2D eigenvalue weighted by Gasteiger charge is -2.11. The molecule has 3 aromatic carbocycles. The molecule has 0 spiro atoms. The summed E-state index contributed by atoms with van der Waals surface area (Å²) < 4.78 is 21.4. The van der Waals surface area contributed by atoms with Gasteiger partial charge >= 0.3 is 5.97 Å². The fourth-order valence-corrected chi connectivity index (χ4v) is 2.58. The van der Waals surface area contributed by atoms with E-state index in [4.69, 9.17) is 18.9 Å². The molecule has 0 amide bonds. The van der Waals surface area contributed by atoms with Gasteiger partial charge < -0.3 is 18.9 Å². The Morgan fingerprint density at radius 2 is 1.54 bits per heavy atom. The van der Waals surface area contributed by atoms with Crippen LogP contribution in [0.1, 0.15) is 5.56 Å². The third-order valence-electron chi connectivity index (χ3n) is 3.92. The number of esters is 1. The summed E-state index contributed by atoms with van der Waals surface area (Å²) >= 11 is 0. The number of carbonyl (C=O) groups excluding carboxylic acids is 1. The topological polar surface area (TPSA) is 54.0 Å². The molecule has 0 heterocycles. The van der Waals surface area contributed by atoms with Gasteiger partial charge in [-0.25, -0.2) is 4.79 Å². The Bertz CT molecular complexity index is 933. The van der Waals surface area contributed by atoms with Crippen molar-refractivity contribution in [2.45, 2.75) is 6.92 Å². The Balaban J connectivity index is 1.67. The first-order valence-electron chi connectivity index (χ1n) is 8.15. The van der Waals surface area contributed by atoms with Crippen molar-refractivity contribution in [2.24, 2.45) is 0 Å². The molecule has 0 aromatic heterocycles. The van der Waals surface area contributed by atoms with Crippen LogP contribution in [0.5, 0.6) is 23.0 Å². The minimum atomic E-state index is -0.491. The summed E-state index contributed by atoms with van der Waals surface area (Å²) in [6.07, 6.45) is 0. The van der Waals surface area contributed by atoms with Crippen molar-refractivity contribution in [3.63, 3.8) is 0 Å². The van der Waals surface area contributed by atoms with Crippen molar-refractivity contribution >= 4 is 16.7 Å². The highest BCUT2D eigenvalue weighted by Crippen LogP contribution is 2.28. The van der Waals surface area contributed by atoms with E-state index in [1.807, 2.05) is 43.3 Å². The van der Waals surface area contributed by atoms with Gasteiger partial charge in [0.25, 0.3) is 0 Å². The predicted octanol–water partition coefficient (Wildman–Crippen LogP) is 4.15. The molecule has 0 fully saturated rings. The van der Waals surface area contributed by atoms with Crippen LogP contribution in [-0.2, 0) is 4.79 Å². The Morgan fingerprint density at radius 1 is 0.808 bits per heavy atom. The summed E-state index contributed by atoms with van der Waals surface area (Å²) in [5.41, 5.74) is 1.04. The molecule has 0 N–H and O–H groups in total. The maximum Gasteiger partial charge on any atom is 0.349 e. The standard InChI is InChI=1S/C21H20O5/c1-14-4-9-19(20(10-14)24-3)25-13-21(22)26-18-8-6-15-5-7-17(23-2)11-16(15)12-18/h4-12H,13H2,1-3H3. The average molecular weight is 352 g/mol. The van der Waals surface area contributed by atoms with E-state index in [0.717, 1.165) is 22.1 Å². The molecule has 0 aliphatic carbocycles. The SMILES string of the molecule is COc1ccc2ccc(OC(=O)COc3ccc(C)cc3OC)cc2c1. The summed E-state index contributed by atoms with van der Waals surface area (Å²) in [4.78, 5) is 12.1. The highest BCUT2D eigenvalue weighted by molar-refractivity contribution is 5.86. The molecule has 0 atom stereocenters. The molecule has 0 unspecified atom stereocenters. The Morgan fingerprint density at radius 3 is 2.27 bits per heavy atom. The number of methoxy groups -OCH3 is 2. The van der Waals surface area contributed by atoms with E-state index in [9.17, 15) is 4.79 Å². The van der Waals surface area contributed by atoms with Crippen molar-refractivity contribution in [1.29, 1.82) is 0 Å². The number of carbonyl (C=O) groups is 1. The second kappa shape index (κ2) is 7.78. The van der Waals surface area contributed by atoms with Gasteiger partial charge in [0.1, 0.15) is 11.5 Å². The second-order valence-electron chi connectivity index (χ2n) is 5.79. The van der Waals surface area contributed by atoms with Gasteiger partial charge in [-0.2, -0.15) is 0 Å². The van der Waals surface area contributed by atoms with Crippen LogP contribution in [0.4, 0.5) is 0 Å². The first-order valence-corrected chi connectivity index (χ1v) is 8.15. The van der Waals surface area contributed by atoms with Gasteiger partial charge in [0.2, 0.25) is 0 Å². The molecule has 3 rings (SSSR count). The number of rotatable bonds is 6. The third-order valence-corrected chi connectivity index (χ3v) is 3.92. The smallest absolute Gasteiger partial charge is 0.349 e. The number of hydrogen-bond donors (Lipinski definition) is 0. The van der Waals surface area contributed by atoms with Crippen molar-refractivity contribution in [3.05, 3.63) is 60.2 Å². The van der Waals surface area contributed by atoms with Gasteiger partial charge in [-0.1, -0.05) is 18.2 Å². The lowest BCUT2D eigenvalue weighted by molar-refractivity contribution is -0.136. The van der Waals surface area contributed by atoms with Crippen LogP contribution in [0, 0.1) is 6.92 Å². The zero-order valence-electron chi connectivity index (χ0n) is 14.9. The fraction of sp³-hybridized carbons (Fsp3) is 0.190. The zero-order valence-corrected chi connectivity index (χ0v) is 14.9. The second-order valence-corrected chi connectivity index (χ2v) is 5.79. The van der Waals surface area contributed by atoms with Gasteiger partial charge in [-0.05, 0) is 59.7 Å². The minimum Gasteiger partial charge on any atom is -0.497 e. The van der Waals surface area contributed by atoms with Crippen LogP contribution in [0.25, 0.3) is 10.8 Å². The van der Waals surface area contributed by atoms with Gasteiger partial charge in [-0.15, -0.1) is 0 Å². The molecule has 0 aliphatic rings. The van der Waals surface area contributed by atoms with Crippen LogP contribution in [0.2, 0.25) is 0 Å². The average Bonchev–Trinajstić information content (AvgIpc) is 2.66. The molecule has 134 valence electrons. The molecule has 0 aliphatic heterocycles. The molecular formula is C21H20O5. The monoisotopic (exact) mass is 352 g/mol. The molecule has 0 bridgehead atoms. The van der Waals surface area contributed by atoms with Crippen LogP contribution in [0.15, 0.2) is 54.6 Å². The van der Waals surface area contributed by atoms with Gasteiger partial charge in [0.15, 0.2) is 18.1 Å². The van der Waals surface area contributed by atoms with Gasteiger partial charge in [0, 0.05) is 0 Å². The van der Waals surface area contributed by atoms with E-state index in [-0.39, 0.29) is 6.61 Å². The van der Waals surface area contributed by atoms with Crippen molar-refractivity contribution in [3.8, 4) is 23.0 Å². The van der Waals surface area contributed by atoms with E-state index in [1.165, 1.54) is 0 Å². The molecule has 26 heavy (non-hydrogen) atoms.